The molecule has 3 aromatic rings. The Morgan fingerprint density at radius 3 is 2.56 bits per heavy atom. The van der Waals surface area contributed by atoms with E-state index in [2.05, 4.69) is 24.9 Å². The van der Waals surface area contributed by atoms with Gasteiger partial charge in [-0.2, -0.15) is 0 Å². The summed E-state index contributed by atoms with van der Waals surface area (Å²) in [6.07, 6.45) is 9.76. The summed E-state index contributed by atoms with van der Waals surface area (Å²) in [4.78, 5) is 9.56. The molecule has 1 aliphatic carbocycles. The van der Waals surface area contributed by atoms with E-state index in [-0.39, 0.29) is 18.2 Å². The maximum absolute atomic E-state index is 13.8. The van der Waals surface area contributed by atoms with Crippen LogP contribution in [0.3, 0.4) is 0 Å². The van der Waals surface area contributed by atoms with Crippen molar-refractivity contribution in [1.82, 2.24) is 9.97 Å². The minimum absolute atomic E-state index is 0.130. The van der Waals surface area contributed by atoms with Crippen molar-refractivity contribution < 1.29 is 14.6 Å². The molecule has 2 heterocycles. The molecule has 34 heavy (non-hydrogen) atoms. The molecular weight excluding hydrogens is 427 g/mol. The molecule has 1 aromatic carbocycles. The van der Waals surface area contributed by atoms with E-state index in [0.717, 1.165) is 58.5 Å². The third kappa shape index (κ3) is 5.11. The molecule has 0 bridgehead atoms. The quantitative estimate of drug-likeness (QED) is 0.447. The van der Waals surface area contributed by atoms with Crippen LogP contribution in [0.5, 0.6) is 0 Å². The summed E-state index contributed by atoms with van der Waals surface area (Å²) in [5.41, 5.74) is 8.21. The van der Waals surface area contributed by atoms with Gasteiger partial charge in [0.1, 0.15) is 5.82 Å². The number of rotatable bonds is 7. The fourth-order valence-corrected chi connectivity index (χ4v) is 4.72. The van der Waals surface area contributed by atoms with Gasteiger partial charge in [-0.1, -0.05) is 45.1 Å². The second-order valence-corrected chi connectivity index (χ2v) is 9.39. The van der Waals surface area contributed by atoms with Crippen molar-refractivity contribution in [3.05, 3.63) is 77.0 Å². The van der Waals surface area contributed by atoms with Crippen LogP contribution in [0.25, 0.3) is 28.5 Å². The van der Waals surface area contributed by atoms with E-state index in [1.807, 2.05) is 37.5 Å². The molecule has 0 radical (unpaired) electrons. The normalized spacial score (nSPS) is 15.1. The fraction of sp³-hybridized carbons (Fsp3) is 0.379. The summed E-state index contributed by atoms with van der Waals surface area (Å²) in [7, 11) is 0. The number of aromatic nitrogens is 2. The highest BCUT2D eigenvalue weighted by Gasteiger charge is 2.25. The van der Waals surface area contributed by atoms with Gasteiger partial charge in [0.2, 0.25) is 0 Å². The van der Waals surface area contributed by atoms with Crippen LogP contribution in [0.15, 0.2) is 48.8 Å². The van der Waals surface area contributed by atoms with Crippen LogP contribution in [0, 0.1) is 5.82 Å². The Morgan fingerprint density at radius 2 is 1.85 bits per heavy atom. The van der Waals surface area contributed by atoms with Gasteiger partial charge in [-0.3, -0.25) is 9.97 Å². The molecule has 0 unspecified atom stereocenters. The zero-order valence-corrected chi connectivity index (χ0v) is 20.1. The summed E-state index contributed by atoms with van der Waals surface area (Å²) in [6, 6.07) is 8.69. The Bertz CT molecular complexity index is 1170. The number of hydrogen-bond donors (Lipinski definition) is 2. The number of aliphatic hydroxyl groups excluding tert-OH is 2. The number of halogens is 1. The van der Waals surface area contributed by atoms with E-state index >= 15 is 0 Å². The largest absolute Gasteiger partial charge is 0.393 e. The molecule has 0 spiro atoms. The predicted octanol–water partition coefficient (Wildman–Crippen LogP) is 6.10. The van der Waals surface area contributed by atoms with Crippen molar-refractivity contribution in [1.29, 1.82) is 0 Å². The molecule has 2 aromatic heterocycles. The van der Waals surface area contributed by atoms with Crippen LogP contribution in [-0.2, 0) is 12.8 Å². The van der Waals surface area contributed by atoms with E-state index in [9.17, 15) is 14.6 Å². The first-order valence-corrected chi connectivity index (χ1v) is 12.2. The Hall–Kier alpha value is -2.89. The molecule has 4 nitrogen and oxygen atoms in total. The number of pyridine rings is 2. The number of nitrogens with zero attached hydrogens (tertiary/aromatic N) is 2. The maximum Gasteiger partial charge on any atom is 0.123 e. The molecule has 0 saturated heterocycles. The molecule has 0 saturated carbocycles. The van der Waals surface area contributed by atoms with Gasteiger partial charge in [-0.15, -0.1) is 0 Å². The monoisotopic (exact) mass is 460 g/mol. The van der Waals surface area contributed by atoms with Crippen LogP contribution in [0.1, 0.15) is 68.3 Å². The maximum atomic E-state index is 13.8. The lowest BCUT2D eigenvalue weighted by atomic mass is 9.86. The first-order chi connectivity index (χ1) is 16.4. The minimum atomic E-state index is -0.764. The summed E-state index contributed by atoms with van der Waals surface area (Å²) in [5, 5.41) is 20.5. The van der Waals surface area contributed by atoms with Crippen molar-refractivity contribution >= 4 is 6.08 Å². The second kappa shape index (κ2) is 10.6. The summed E-state index contributed by atoms with van der Waals surface area (Å²) >= 11 is 0. The zero-order valence-electron chi connectivity index (χ0n) is 20.1. The lowest BCUT2D eigenvalue weighted by Crippen LogP contribution is -2.14. The van der Waals surface area contributed by atoms with Gasteiger partial charge in [0, 0.05) is 29.9 Å². The highest BCUT2D eigenvalue weighted by molar-refractivity contribution is 5.85. The molecule has 1 aliphatic rings. The van der Waals surface area contributed by atoms with Crippen LogP contribution in [-0.4, -0.2) is 32.4 Å². The van der Waals surface area contributed by atoms with Crippen LogP contribution >= 0.6 is 0 Å². The van der Waals surface area contributed by atoms with Gasteiger partial charge in [0.05, 0.1) is 23.6 Å². The molecule has 4 rings (SSSR count). The highest BCUT2D eigenvalue weighted by Crippen LogP contribution is 2.41. The van der Waals surface area contributed by atoms with Crippen LogP contribution in [0.4, 0.5) is 4.39 Å². The standard InChI is InChI=1S/C29H33FN2O2/c1-4-22(33)16-23(34)12-13-25-27(20-8-10-21(30)11-9-20)24-7-5-6-19-14-15-31-17-26(19)29(24)32-28(25)18(2)3/h8-15,17-18,22-23,33-34H,4-7,16H2,1-3H3/b13-12+/t22-,23+/m0/s1. The summed E-state index contributed by atoms with van der Waals surface area (Å²) < 4.78 is 13.8. The Morgan fingerprint density at radius 1 is 1.09 bits per heavy atom. The molecule has 5 heteroatoms. The average molecular weight is 461 g/mol. The van der Waals surface area contributed by atoms with Crippen molar-refractivity contribution in [3.63, 3.8) is 0 Å². The average Bonchev–Trinajstić information content (AvgIpc) is 3.01. The third-order valence-electron chi connectivity index (χ3n) is 6.55. The van der Waals surface area contributed by atoms with E-state index in [0.29, 0.717) is 6.42 Å². The van der Waals surface area contributed by atoms with Crippen LogP contribution in [0.2, 0.25) is 0 Å². The highest BCUT2D eigenvalue weighted by atomic mass is 19.1. The molecule has 0 amide bonds. The number of aryl methyl sites for hydroxylation is 1. The topological polar surface area (TPSA) is 66.2 Å². The van der Waals surface area contributed by atoms with Crippen molar-refractivity contribution in [2.75, 3.05) is 0 Å². The first-order valence-electron chi connectivity index (χ1n) is 12.2. The second-order valence-electron chi connectivity index (χ2n) is 9.39. The fourth-order valence-electron chi connectivity index (χ4n) is 4.72. The number of hydrogen-bond acceptors (Lipinski definition) is 4. The lowest BCUT2D eigenvalue weighted by molar-refractivity contribution is 0.102. The summed E-state index contributed by atoms with van der Waals surface area (Å²) in [6.45, 7) is 6.12. The molecule has 178 valence electrons. The molecule has 2 N–H and O–H groups in total. The Labute approximate surface area is 201 Å². The van der Waals surface area contributed by atoms with Gasteiger partial charge in [-0.25, -0.2) is 4.39 Å². The van der Waals surface area contributed by atoms with Crippen molar-refractivity contribution in [2.24, 2.45) is 0 Å². The van der Waals surface area contributed by atoms with E-state index < -0.39 is 12.2 Å². The lowest BCUT2D eigenvalue weighted by Gasteiger charge is -2.22. The van der Waals surface area contributed by atoms with Crippen molar-refractivity contribution in [2.45, 2.75) is 71.0 Å². The molecule has 2 atom stereocenters. The third-order valence-corrected chi connectivity index (χ3v) is 6.55. The minimum Gasteiger partial charge on any atom is -0.393 e. The number of fused-ring (bicyclic) bond motifs is 3. The smallest absolute Gasteiger partial charge is 0.123 e. The van der Waals surface area contributed by atoms with Gasteiger partial charge >= 0.3 is 0 Å². The van der Waals surface area contributed by atoms with Gasteiger partial charge in [0.15, 0.2) is 0 Å². The molecule has 0 aliphatic heterocycles. The molecular formula is C29H33FN2O2. The summed E-state index contributed by atoms with van der Waals surface area (Å²) in [5.74, 6) is -0.144. The molecule has 0 fully saturated rings. The van der Waals surface area contributed by atoms with Crippen molar-refractivity contribution in [3.8, 4) is 22.4 Å². The Balaban J connectivity index is 1.97. The Kier molecular flexibility index (Phi) is 7.54. The van der Waals surface area contributed by atoms with E-state index in [4.69, 9.17) is 4.98 Å². The number of aliphatic hydroxyl groups is 2. The van der Waals surface area contributed by atoms with E-state index in [1.165, 1.54) is 17.7 Å². The van der Waals surface area contributed by atoms with E-state index in [1.54, 1.807) is 6.08 Å². The van der Waals surface area contributed by atoms with Gasteiger partial charge in [-0.05, 0) is 72.1 Å². The predicted molar refractivity (Wildman–Crippen MR) is 135 cm³/mol. The number of benzene rings is 1. The first kappa shape index (κ1) is 24.2. The SMILES string of the molecule is CC[C@H](O)C[C@H](O)/C=C/c1c(C(C)C)nc2c(c1-c1ccc(F)cc1)CCCc1ccncc1-2. The van der Waals surface area contributed by atoms with Crippen LogP contribution < -0.4 is 0 Å². The zero-order chi connectivity index (χ0) is 24.2. The van der Waals surface area contributed by atoms with Gasteiger partial charge in [0.25, 0.3) is 0 Å². The van der Waals surface area contributed by atoms with Gasteiger partial charge < -0.3 is 10.2 Å².